The van der Waals surface area contributed by atoms with Gasteiger partial charge in [0.2, 0.25) is 0 Å². The lowest BCUT2D eigenvalue weighted by molar-refractivity contribution is 0.925. The van der Waals surface area contributed by atoms with Crippen LogP contribution < -0.4 is 10.6 Å². The van der Waals surface area contributed by atoms with Crippen LogP contribution in [0.15, 0.2) is 42.6 Å². The fourth-order valence-corrected chi connectivity index (χ4v) is 2.43. The number of aromatic amines is 1. The summed E-state index contributed by atoms with van der Waals surface area (Å²) < 4.78 is 0. The van der Waals surface area contributed by atoms with Gasteiger partial charge in [0.15, 0.2) is 0 Å². The second-order valence-corrected chi connectivity index (χ2v) is 5.04. The van der Waals surface area contributed by atoms with Crippen molar-refractivity contribution in [3.8, 4) is 6.07 Å². The normalized spacial score (nSPS) is 10.5. The molecule has 3 rings (SSSR count). The quantitative estimate of drug-likeness (QED) is 0.721. The molecule has 5 heteroatoms. The van der Waals surface area contributed by atoms with E-state index in [-0.39, 0.29) is 0 Å². The minimum atomic E-state index is 0.665. The van der Waals surface area contributed by atoms with E-state index in [0.717, 1.165) is 22.2 Å². The van der Waals surface area contributed by atoms with Gasteiger partial charge in [-0.15, -0.1) is 0 Å². The van der Waals surface area contributed by atoms with E-state index in [1.807, 2.05) is 37.4 Å². The van der Waals surface area contributed by atoms with Gasteiger partial charge in [-0.25, -0.2) is 0 Å². The zero-order chi connectivity index (χ0) is 14.8. The summed E-state index contributed by atoms with van der Waals surface area (Å²) in [6, 6.07) is 13.6. The molecule has 3 N–H and O–H groups in total. The van der Waals surface area contributed by atoms with E-state index in [1.54, 1.807) is 12.3 Å². The Bertz CT molecular complexity index is 828. The van der Waals surface area contributed by atoms with Crippen LogP contribution in [0.4, 0.5) is 11.4 Å². The molecule has 0 unspecified atom stereocenters. The fraction of sp³-hybridized carbons (Fsp3) is 0.125. The molecule has 0 saturated carbocycles. The average molecular weight is 277 g/mol. The number of hydrogen-bond donors (Lipinski definition) is 2. The van der Waals surface area contributed by atoms with Crippen molar-refractivity contribution in [1.29, 1.82) is 5.26 Å². The lowest BCUT2D eigenvalue weighted by Gasteiger charge is -2.21. The molecule has 1 heterocycles. The summed E-state index contributed by atoms with van der Waals surface area (Å²) in [5, 5.41) is 16.9. The van der Waals surface area contributed by atoms with Crippen LogP contribution in [0.1, 0.15) is 11.1 Å². The first kappa shape index (κ1) is 13.0. The van der Waals surface area contributed by atoms with Crippen molar-refractivity contribution in [3.63, 3.8) is 0 Å². The Balaban J connectivity index is 1.91. The largest absolute Gasteiger partial charge is 0.397 e. The smallest absolute Gasteiger partial charge is 0.0991 e. The number of nitrogens with one attached hydrogen (secondary N) is 1. The fourth-order valence-electron chi connectivity index (χ4n) is 2.43. The van der Waals surface area contributed by atoms with Gasteiger partial charge in [0, 0.05) is 19.0 Å². The van der Waals surface area contributed by atoms with Crippen molar-refractivity contribution in [1.82, 2.24) is 10.2 Å². The van der Waals surface area contributed by atoms with Gasteiger partial charge in [-0.05, 0) is 29.8 Å². The number of benzene rings is 2. The Hall–Kier alpha value is -3.00. The average Bonchev–Trinajstić information content (AvgIpc) is 2.93. The third kappa shape index (κ3) is 2.51. The van der Waals surface area contributed by atoms with Gasteiger partial charge in [-0.2, -0.15) is 10.4 Å². The molecule has 2 aromatic carbocycles. The first-order valence-electron chi connectivity index (χ1n) is 6.60. The van der Waals surface area contributed by atoms with Crippen LogP contribution in [0.5, 0.6) is 0 Å². The number of fused-ring (bicyclic) bond motifs is 1. The van der Waals surface area contributed by atoms with E-state index < -0.39 is 0 Å². The summed E-state index contributed by atoms with van der Waals surface area (Å²) in [4.78, 5) is 2.06. The van der Waals surface area contributed by atoms with Crippen molar-refractivity contribution >= 4 is 22.3 Å². The lowest BCUT2D eigenvalue weighted by atomic mass is 10.1. The summed E-state index contributed by atoms with van der Waals surface area (Å²) >= 11 is 0. The highest BCUT2D eigenvalue weighted by Gasteiger charge is 2.09. The molecule has 0 radical (unpaired) electrons. The number of anilines is 2. The molecule has 0 aliphatic rings. The van der Waals surface area contributed by atoms with Crippen molar-refractivity contribution < 1.29 is 0 Å². The van der Waals surface area contributed by atoms with Crippen molar-refractivity contribution in [2.45, 2.75) is 6.54 Å². The number of H-pyrrole nitrogens is 1. The highest BCUT2D eigenvalue weighted by atomic mass is 15.1. The summed E-state index contributed by atoms with van der Waals surface area (Å²) in [6.07, 6.45) is 1.76. The molecule has 5 nitrogen and oxygen atoms in total. The summed E-state index contributed by atoms with van der Waals surface area (Å²) in [5.74, 6) is 0. The zero-order valence-corrected chi connectivity index (χ0v) is 11.7. The third-order valence-electron chi connectivity index (χ3n) is 3.47. The highest BCUT2D eigenvalue weighted by molar-refractivity contribution is 5.88. The topological polar surface area (TPSA) is 81.7 Å². The highest BCUT2D eigenvalue weighted by Crippen LogP contribution is 2.28. The number of nitrogen functional groups attached to an aromatic ring is 1. The van der Waals surface area contributed by atoms with E-state index in [9.17, 15) is 0 Å². The number of nitrogens with zero attached hydrogens (tertiary/aromatic N) is 3. The maximum Gasteiger partial charge on any atom is 0.0991 e. The summed E-state index contributed by atoms with van der Waals surface area (Å²) in [5.41, 5.74) is 10.5. The van der Waals surface area contributed by atoms with Gasteiger partial charge < -0.3 is 10.6 Å². The molecule has 0 amide bonds. The number of hydrogen-bond acceptors (Lipinski definition) is 4. The van der Waals surface area contributed by atoms with Crippen LogP contribution >= 0.6 is 0 Å². The number of nitrogens with two attached hydrogens (primary N) is 1. The monoisotopic (exact) mass is 277 g/mol. The van der Waals surface area contributed by atoms with Gasteiger partial charge in [0.25, 0.3) is 0 Å². The molecular weight excluding hydrogens is 262 g/mol. The second-order valence-electron chi connectivity index (χ2n) is 5.04. The minimum Gasteiger partial charge on any atom is -0.397 e. The molecule has 3 aromatic rings. The van der Waals surface area contributed by atoms with Crippen LogP contribution in [0.2, 0.25) is 0 Å². The van der Waals surface area contributed by atoms with Crippen LogP contribution in [0, 0.1) is 11.3 Å². The maximum atomic E-state index is 8.96. The van der Waals surface area contributed by atoms with E-state index in [2.05, 4.69) is 21.2 Å². The molecule has 0 fully saturated rings. The molecule has 0 aliphatic heterocycles. The molecule has 104 valence electrons. The molecule has 0 spiro atoms. The van der Waals surface area contributed by atoms with E-state index >= 15 is 0 Å². The van der Waals surface area contributed by atoms with Gasteiger partial charge in [0.05, 0.1) is 34.7 Å². The number of aromatic nitrogens is 2. The molecular formula is C16H15N5. The predicted molar refractivity (Wildman–Crippen MR) is 83.8 cm³/mol. The molecule has 1 aromatic heterocycles. The minimum absolute atomic E-state index is 0.665. The van der Waals surface area contributed by atoms with Gasteiger partial charge in [-0.3, -0.25) is 5.10 Å². The van der Waals surface area contributed by atoms with Crippen molar-refractivity contribution in [3.05, 3.63) is 53.7 Å². The summed E-state index contributed by atoms with van der Waals surface area (Å²) in [7, 11) is 1.98. The molecule has 0 saturated heterocycles. The SMILES string of the molecule is CN(Cc1cccc(C#N)c1)c1cc2[nH]ncc2cc1N. The van der Waals surface area contributed by atoms with Crippen molar-refractivity contribution in [2.75, 3.05) is 17.7 Å². The molecule has 21 heavy (non-hydrogen) atoms. The second kappa shape index (κ2) is 5.17. The Morgan fingerprint density at radius 3 is 3.00 bits per heavy atom. The van der Waals surface area contributed by atoms with E-state index in [4.69, 9.17) is 11.0 Å². The molecule has 0 aliphatic carbocycles. The Morgan fingerprint density at radius 2 is 2.19 bits per heavy atom. The Kier molecular flexibility index (Phi) is 3.20. The van der Waals surface area contributed by atoms with E-state index in [0.29, 0.717) is 17.8 Å². The maximum absolute atomic E-state index is 8.96. The van der Waals surface area contributed by atoms with Gasteiger partial charge in [0.1, 0.15) is 0 Å². The lowest BCUT2D eigenvalue weighted by Crippen LogP contribution is -2.17. The van der Waals surface area contributed by atoms with Gasteiger partial charge >= 0.3 is 0 Å². The molecule has 0 atom stereocenters. The Labute approximate surface area is 122 Å². The van der Waals surface area contributed by atoms with Crippen LogP contribution in [0.3, 0.4) is 0 Å². The van der Waals surface area contributed by atoms with Crippen LogP contribution in [0.25, 0.3) is 10.9 Å². The molecule has 0 bridgehead atoms. The van der Waals surface area contributed by atoms with Gasteiger partial charge in [-0.1, -0.05) is 12.1 Å². The van der Waals surface area contributed by atoms with E-state index in [1.165, 1.54) is 0 Å². The third-order valence-corrected chi connectivity index (χ3v) is 3.47. The van der Waals surface area contributed by atoms with Crippen molar-refractivity contribution in [2.24, 2.45) is 0 Å². The zero-order valence-electron chi connectivity index (χ0n) is 11.7. The van der Waals surface area contributed by atoms with Crippen LogP contribution in [-0.2, 0) is 6.54 Å². The first-order chi connectivity index (χ1) is 10.2. The number of nitriles is 1. The Morgan fingerprint density at radius 1 is 1.33 bits per heavy atom. The number of rotatable bonds is 3. The first-order valence-corrected chi connectivity index (χ1v) is 6.60. The standard InChI is InChI=1S/C16H15N5/c1-21(10-12-4-2-3-11(5-12)8-17)16-7-15-13(6-14(16)18)9-19-20-15/h2-7,9H,10,18H2,1H3,(H,19,20). The predicted octanol–water partition coefficient (Wildman–Crippen LogP) is 2.65. The summed E-state index contributed by atoms with van der Waals surface area (Å²) in [6.45, 7) is 0.680. The van der Waals surface area contributed by atoms with Crippen LogP contribution in [-0.4, -0.2) is 17.2 Å².